The SMILES string of the molecule is COc1c2c(cc3c1C(CC(=O)c1cc4c(cc1C)C(C)(C)C(C)C4(C)C)[N+](C)(C)CC3)OCO2. The number of carbonyl (C=O) groups is 1. The standard InChI is InChI=1S/C30H40NO4/c1-17-12-21-22(30(5,6)18(2)29(21,3)4)14-20(17)24(32)15-23-26-19(10-11-31(23,7)8)13-25-27(28(26)33-9)35-16-34-25/h12-14,18,23H,10-11,15-16H2,1-9H3/q+1. The molecule has 2 aromatic rings. The van der Waals surface area contributed by atoms with Crippen LogP contribution in [0.4, 0.5) is 0 Å². The highest BCUT2D eigenvalue weighted by molar-refractivity contribution is 5.98. The third-order valence-corrected chi connectivity index (χ3v) is 9.68. The summed E-state index contributed by atoms with van der Waals surface area (Å²) in [5.41, 5.74) is 7.04. The van der Waals surface area contributed by atoms with Crippen LogP contribution in [0, 0.1) is 12.8 Å². The van der Waals surface area contributed by atoms with Gasteiger partial charge in [0, 0.05) is 12.0 Å². The summed E-state index contributed by atoms with van der Waals surface area (Å²) in [5, 5.41) is 0. The highest BCUT2D eigenvalue weighted by atomic mass is 16.7. The first kappa shape index (κ1) is 24.2. The second kappa shape index (κ2) is 7.73. The molecule has 2 unspecified atom stereocenters. The molecule has 188 valence electrons. The number of fused-ring (bicyclic) bond motifs is 3. The second-order valence-electron chi connectivity index (χ2n) is 12.5. The molecule has 0 spiro atoms. The van der Waals surface area contributed by atoms with Gasteiger partial charge in [-0.05, 0) is 58.1 Å². The summed E-state index contributed by atoms with van der Waals surface area (Å²) in [6, 6.07) is 6.55. The van der Waals surface area contributed by atoms with Crippen LogP contribution >= 0.6 is 0 Å². The van der Waals surface area contributed by atoms with Crippen molar-refractivity contribution in [2.45, 2.75) is 71.3 Å². The molecule has 35 heavy (non-hydrogen) atoms. The predicted molar refractivity (Wildman–Crippen MR) is 138 cm³/mol. The van der Waals surface area contributed by atoms with Gasteiger partial charge in [0.1, 0.15) is 6.04 Å². The van der Waals surface area contributed by atoms with E-state index >= 15 is 0 Å². The number of ketones is 1. The highest BCUT2D eigenvalue weighted by Gasteiger charge is 2.49. The maximum absolute atomic E-state index is 14.0. The van der Waals surface area contributed by atoms with Crippen LogP contribution in [-0.4, -0.2) is 44.8 Å². The molecule has 3 aliphatic rings. The molecule has 2 atom stereocenters. The Morgan fingerprint density at radius 3 is 2.40 bits per heavy atom. The van der Waals surface area contributed by atoms with Gasteiger partial charge in [-0.2, -0.15) is 0 Å². The zero-order valence-electron chi connectivity index (χ0n) is 22.8. The van der Waals surface area contributed by atoms with Gasteiger partial charge < -0.3 is 18.7 Å². The molecule has 1 aliphatic carbocycles. The van der Waals surface area contributed by atoms with Gasteiger partial charge in [-0.1, -0.05) is 40.7 Å². The van der Waals surface area contributed by atoms with E-state index in [0.29, 0.717) is 18.1 Å². The van der Waals surface area contributed by atoms with Crippen molar-refractivity contribution >= 4 is 5.78 Å². The maximum Gasteiger partial charge on any atom is 0.231 e. The smallest absolute Gasteiger partial charge is 0.231 e. The third kappa shape index (κ3) is 3.41. The van der Waals surface area contributed by atoms with E-state index in [1.807, 2.05) is 0 Å². The van der Waals surface area contributed by atoms with Crippen LogP contribution in [0.15, 0.2) is 18.2 Å². The zero-order chi connectivity index (χ0) is 25.5. The number of quaternary nitrogens is 1. The number of hydrogen-bond donors (Lipinski definition) is 0. The minimum absolute atomic E-state index is 0.0215. The molecule has 0 radical (unpaired) electrons. The van der Waals surface area contributed by atoms with Crippen LogP contribution in [0.2, 0.25) is 0 Å². The molecule has 0 N–H and O–H groups in total. The van der Waals surface area contributed by atoms with E-state index in [1.54, 1.807) is 7.11 Å². The summed E-state index contributed by atoms with van der Waals surface area (Å²) < 4.78 is 18.1. The molecular formula is C30H40NO4+. The minimum Gasteiger partial charge on any atom is -0.492 e. The molecule has 0 saturated heterocycles. The lowest BCUT2D eigenvalue weighted by Crippen LogP contribution is -2.48. The van der Waals surface area contributed by atoms with Crippen LogP contribution in [-0.2, 0) is 17.3 Å². The van der Waals surface area contributed by atoms with E-state index < -0.39 is 0 Å². The normalized spacial score (nSPS) is 24.6. The summed E-state index contributed by atoms with van der Waals surface area (Å²) in [4.78, 5) is 14.0. The molecule has 5 rings (SSSR count). The van der Waals surface area contributed by atoms with Crippen LogP contribution in [0.3, 0.4) is 0 Å². The molecular weight excluding hydrogens is 438 g/mol. The van der Waals surface area contributed by atoms with E-state index in [0.717, 1.165) is 45.6 Å². The maximum atomic E-state index is 14.0. The van der Waals surface area contributed by atoms with E-state index in [2.05, 4.69) is 73.8 Å². The number of rotatable bonds is 4. The van der Waals surface area contributed by atoms with E-state index in [4.69, 9.17) is 14.2 Å². The Bertz CT molecular complexity index is 1220. The first-order chi connectivity index (χ1) is 16.3. The predicted octanol–water partition coefficient (Wildman–Crippen LogP) is 5.88. The monoisotopic (exact) mass is 478 g/mol. The van der Waals surface area contributed by atoms with Crippen molar-refractivity contribution in [3.8, 4) is 17.2 Å². The van der Waals surface area contributed by atoms with Crippen molar-refractivity contribution in [3.63, 3.8) is 0 Å². The van der Waals surface area contributed by atoms with Crippen molar-refractivity contribution in [2.24, 2.45) is 5.92 Å². The number of ether oxygens (including phenoxy) is 3. The average molecular weight is 479 g/mol. The topological polar surface area (TPSA) is 44.8 Å². The van der Waals surface area contributed by atoms with Gasteiger partial charge in [-0.25, -0.2) is 0 Å². The Hall–Kier alpha value is -2.53. The molecule has 5 heteroatoms. The van der Waals surface area contributed by atoms with Crippen molar-refractivity contribution in [1.29, 1.82) is 0 Å². The van der Waals surface area contributed by atoms with Gasteiger partial charge in [0.05, 0.1) is 39.7 Å². The average Bonchev–Trinajstić information content (AvgIpc) is 3.30. The molecule has 0 bridgehead atoms. The lowest BCUT2D eigenvalue weighted by molar-refractivity contribution is -0.922. The van der Waals surface area contributed by atoms with Gasteiger partial charge in [-0.3, -0.25) is 4.79 Å². The molecule has 0 saturated carbocycles. The first-order valence-electron chi connectivity index (χ1n) is 12.8. The molecule has 0 aromatic heterocycles. The number of carbonyl (C=O) groups excluding carboxylic acids is 1. The zero-order valence-corrected chi connectivity index (χ0v) is 22.8. The number of Topliss-reactive ketones (excluding diaryl/α,β-unsaturated/α-hetero) is 1. The first-order valence-corrected chi connectivity index (χ1v) is 12.8. The number of benzene rings is 2. The number of methoxy groups -OCH3 is 1. The Kier molecular flexibility index (Phi) is 5.34. The molecule has 2 aromatic carbocycles. The van der Waals surface area contributed by atoms with Crippen LogP contribution in [0.1, 0.15) is 85.3 Å². The second-order valence-corrected chi connectivity index (χ2v) is 12.5. The minimum atomic E-state index is -0.0215. The van der Waals surface area contributed by atoms with Crippen molar-refractivity contribution in [3.05, 3.63) is 51.6 Å². The fourth-order valence-electron chi connectivity index (χ4n) is 6.84. The van der Waals surface area contributed by atoms with Crippen LogP contribution in [0.25, 0.3) is 0 Å². The Balaban J connectivity index is 1.57. The molecule has 2 heterocycles. The summed E-state index contributed by atoms with van der Waals surface area (Å²) in [6.07, 6.45) is 1.34. The highest BCUT2D eigenvalue weighted by Crippen LogP contribution is 2.55. The van der Waals surface area contributed by atoms with E-state index in [9.17, 15) is 4.79 Å². The number of hydrogen-bond acceptors (Lipinski definition) is 4. The van der Waals surface area contributed by atoms with Crippen molar-refractivity contribution < 1.29 is 23.5 Å². The molecule has 0 fully saturated rings. The molecule has 2 aliphatic heterocycles. The van der Waals surface area contributed by atoms with Gasteiger partial charge in [0.25, 0.3) is 0 Å². The van der Waals surface area contributed by atoms with Gasteiger partial charge in [0.15, 0.2) is 17.3 Å². The largest absolute Gasteiger partial charge is 0.492 e. The number of likely N-dealkylation sites (N-methyl/N-ethyl adjacent to an activating group) is 1. The van der Waals surface area contributed by atoms with Crippen molar-refractivity contribution in [1.82, 2.24) is 0 Å². The van der Waals surface area contributed by atoms with Gasteiger partial charge in [0.2, 0.25) is 12.5 Å². The Labute approximate surface area is 210 Å². The summed E-state index contributed by atoms with van der Waals surface area (Å²) in [7, 11) is 6.11. The van der Waals surface area contributed by atoms with Gasteiger partial charge >= 0.3 is 0 Å². The quantitative estimate of drug-likeness (QED) is 0.406. The summed E-state index contributed by atoms with van der Waals surface area (Å²) in [6.45, 7) is 14.9. The van der Waals surface area contributed by atoms with E-state index in [1.165, 1.54) is 16.7 Å². The third-order valence-electron chi connectivity index (χ3n) is 9.68. The lowest BCUT2D eigenvalue weighted by atomic mass is 9.71. The number of aryl methyl sites for hydroxylation is 1. The number of nitrogens with zero attached hydrogens (tertiary/aromatic N) is 1. The van der Waals surface area contributed by atoms with Crippen molar-refractivity contribution in [2.75, 3.05) is 34.5 Å². The van der Waals surface area contributed by atoms with Gasteiger partial charge in [-0.15, -0.1) is 0 Å². The summed E-state index contributed by atoms with van der Waals surface area (Å²) >= 11 is 0. The van der Waals surface area contributed by atoms with E-state index in [-0.39, 0.29) is 29.4 Å². The fraction of sp³-hybridized carbons (Fsp3) is 0.567. The van der Waals surface area contributed by atoms with Crippen LogP contribution in [0.5, 0.6) is 17.2 Å². The lowest BCUT2D eigenvalue weighted by Gasteiger charge is -2.43. The fourth-order valence-corrected chi connectivity index (χ4v) is 6.84. The Morgan fingerprint density at radius 1 is 1.09 bits per heavy atom. The molecule has 0 amide bonds. The summed E-state index contributed by atoms with van der Waals surface area (Å²) in [5.74, 6) is 2.82. The van der Waals surface area contributed by atoms with Crippen LogP contribution < -0.4 is 14.2 Å². The Morgan fingerprint density at radius 2 is 1.74 bits per heavy atom. The molecule has 5 nitrogen and oxygen atoms in total.